The Bertz CT molecular complexity index is 1620. The number of unbranched alkanes of at least 4 members (excludes halogenated alkanes) is 1. The van der Waals surface area contributed by atoms with Crippen LogP contribution in [0.1, 0.15) is 77.0 Å². The van der Waals surface area contributed by atoms with Gasteiger partial charge in [0.1, 0.15) is 23.9 Å². The number of hydrogen-bond donors (Lipinski definition) is 4. The lowest BCUT2D eigenvalue weighted by Gasteiger charge is -2.28. The lowest BCUT2D eigenvalue weighted by molar-refractivity contribution is -0.139. The van der Waals surface area contributed by atoms with E-state index in [1.807, 2.05) is 66.7 Å². The normalized spacial score (nSPS) is 12.5. The van der Waals surface area contributed by atoms with Crippen LogP contribution in [0.25, 0.3) is 11.1 Å². The number of rotatable bonds is 11. The van der Waals surface area contributed by atoms with Crippen LogP contribution in [0.5, 0.6) is 0 Å². The number of aliphatic carboxylic acids is 1. The molecule has 3 aromatic carbocycles. The Balaban J connectivity index is 0.000000290. The van der Waals surface area contributed by atoms with Crippen molar-refractivity contribution in [2.45, 2.75) is 84.0 Å². The quantitative estimate of drug-likeness (QED) is 0.0742. The van der Waals surface area contributed by atoms with E-state index in [2.05, 4.69) is 22.4 Å². The summed E-state index contributed by atoms with van der Waals surface area (Å²) in [6.07, 6.45) is -0.826. The summed E-state index contributed by atoms with van der Waals surface area (Å²) in [5, 5.41) is 11.9. The Morgan fingerprint density at radius 1 is 0.788 bits per heavy atom. The van der Waals surface area contributed by atoms with Crippen molar-refractivity contribution in [3.8, 4) is 11.1 Å². The molecular weight excluding hydrogens is 666 g/mol. The van der Waals surface area contributed by atoms with E-state index in [0.29, 0.717) is 19.4 Å². The summed E-state index contributed by atoms with van der Waals surface area (Å²) in [5.74, 6) is -1.14. The molecule has 3 aromatic rings. The lowest BCUT2D eigenvalue weighted by Crippen LogP contribution is -2.44. The Kier molecular flexibility index (Phi) is 14.6. The number of fused-ring (bicyclic) bond motifs is 3. The van der Waals surface area contributed by atoms with Gasteiger partial charge in [-0.3, -0.25) is 4.99 Å². The summed E-state index contributed by atoms with van der Waals surface area (Å²) in [6, 6.07) is 24.3. The summed E-state index contributed by atoms with van der Waals surface area (Å²) in [5.41, 5.74) is 14.4. The molecule has 280 valence electrons. The fraction of sp³-hybridized carbons (Fsp3) is 0.410. The second-order valence-corrected chi connectivity index (χ2v) is 14.2. The summed E-state index contributed by atoms with van der Waals surface area (Å²) in [4.78, 5) is 53.1. The van der Waals surface area contributed by atoms with Crippen molar-refractivity contribution in [3.63, 3.8) is 0 Å². The van der Waals surface area contributed by atoms with Crippen molar-refractivity contribution in [2.75, 3.05) is 19.7 Å². The molecule has 0 bridgehead atoms. The second-order valence-electron chi connectivity index (χ2n) is 14.2. The van der Waals surface area contributed by atoms with Crippen LogP contribution in [0.4, 0.5) is 14.4 Å². The average molecular weight is 718 g/mol. The third-order valence-corrected chi connectivity index (χ3v) is 7.53. The molecule has 0 unspecified atom stereocenters. The van der Waals surface area contributed by atoms with Crippen molar-refractivity contribution in [1.82, 2.24) is 10.2 Å². The van der Waals surface area contributed by atoms with Gasteiger partial charge in [0.2, 0.25) is 0 Å². The number of imide groups is 1. The molecule has 0 saturated carbocycles. The number of guanidine groups is 1. The molecule has 0 heterocycles. The van der Waals surface area contributed by atoms with Crippen LogP contribution in [-0.4, -0.2) is 77.2 Å². The van der Waals surface area contributed by atoms with Crippen molar-refractivity contribution >= 4 is 30.2 Å². The van der Waals surface area contributed by atoms with Crippen molar-refractivity contribution in [3.05, 3.63) is 95.6 Å². The molecule has 13 nitrogen and oxygen atoms in total. The molecule has 0 spiro atoms. The third-order valence-electron chi connectivity index (χ3n) is 7.53. The lowest BCUT2D eigenvalue weighted by atomic mass is 9.98. The highest BCUT2D eigenvalue weighted by Crippen LogP contribution is 2.44. The number of aliphatic imine (C=N–C) groups is 1. The van der Waals surface area contributed by atoms with Crippen LogP contribution < -0.4 is 16.8 Å². The topological polar surface area (TPSA) is 196 Å². The molecule has 0 radical (unpaired) electrons. The molecule has 4 rings (SSSR count). The molecule has 13 heteroatoms. The molecule has 0 aromatic heterocycles. The van der Waals surface area contributed by atoms with Gasteiger partial charge in [0.15, 0.2) is 5.96 Å². The molecule has 0 aliphatic heterocycles. The van der Waals surface area contributed by atoms with Gasteiger partial charge in [0.25, 0.3) is 0 Å². The van der Waals surface area contributed by atoms with Crippen LogP contribution in [0.2, 0.25) is 0 Å². The number of nitrogens with zero attached hydrogens (tertiary/aromatic N) is 2. The molecule has 1 atom stereocenters. The highest BCUT2D eigenvalue weighted by Gasteiger charge is 2.31. The molecule has 1 aliphatic rings. The first-order chi connectivity index (χ1) is 24.4. The average Bonchev–Trinajstić information content (AvgIpc) is 3.37. The van der Waals surface area contributed by atoms with Crippen molar-refractivity contribution in [2.24, 2.45) is 16.5 Å². The van der Waals surface area contributed by atoms with E-state index < -0.39 is 41.5 Å². The standard InChI is InChI=1S/C24H21NO4.C15H30N4O4/c26-23(27)22(14-16-8-2-1-3-9-16)25-24(28)29-15-21-19-12-6-4-10-17(19)18-11-5-7-13-20(18)21;1-14(2,3)22-12(20)19(13(21)23-15(4,5)6)10-8-7-9-18-11(16)17/h1-13,21-22H,14-15H2,(H,25,28)(H,26,27);7-10H2,1-6H3,(H4,16,17,18)/t22-;/m1./s1. The Morgan fingerprint density at radius 2 is 1.29 bits per heavy atom. The molecule has 52 heavy (non-hydrogen) atoms. The molecule has 1 aliphatic carbocycles. The fourth-order valence-electron chi connectivity index (χ4n) is 5.31. The maximum Gasteiger partial charge on any atom is 0.419 e. The summed E-state index contributed by atoms with van der Waals surface area (Å²) < 4.78 is 15.9. The van der Waals surface area contributed by atoms with Gasteiger partial charge in [-0.1, -0.05) is 78.9 Å². The van der Waals surface area contributed by atoms with Crippen LogP contribution in [0.3, 0.4) is 0 Å². The highest BCUT2D eigenvalue weighted by atomic mass is 16.6. The van der Waals surface area contributed by atoms with E-state index >= 15 is 0 Å². The van der Waals surface area contributed by atoms with E-state index in [1.165, 1.54) is 0 Å². The SMILES string of the molecule is CC(C)(C)OC(=O)N(CCCCN=C(N)N)C(=O)OC(C)(C)C.O=C(N[C@H](Cc1ccccc1)C(=O)O)OCC1c2ccccc2-c2ccccc21. The highest BCUT2D eigenvalue weighted by molar-refractivity contribution is 5.88. The second kappa shape index (κ2) is 18.6. The number of benzene rings is 3. The summed E-state index contributed by atoms with van der Waals surface area (Å²) in [7, 11) is 0. The third kappa shape index (κ3) is 13.3. The zero-order valence-electron chi connectivity index (χ0n) is 30.8. The van der Waals surface area contributed by atoms with Gasteiger partial charge in [0, 0.05) is 25.4 Å². The largest absolute Gasteiger partial charge is 0.480 e. The predicted octanol–water partition coefficient (Wildman–Crippen LogP) is 6.43. The minimum Gasteiger partial charge on any atom is -0.480 e. The number of amides is 3. The number of nitrogens with two attached hydrogens (primary N) is 2. The van der Waals surface area contributed by atoms with Gasteiger partial charge in [0.05, 0.1) is 0 Å². The maximum atomic E-state index is 12.3. The molecule has 0 saturated heterocycles. The van der Waals surface area contributed by atoms with E-state index in [9.17, 15) is 24.3 Å². The Labute approximate surface area is 305 Å². The number of hydrogen-bond acceptors (Lipinski definition) is 8. The fourth-order valence-corrected chi connectivity index (χ4v) is 5.31. The Hall–Kier alpha value is -5.59. The van der Waals surface area contributed by atoms with Crippen LogP contribution in [0, 0.1) is 0 Å². The van der Waals surface area contributed by atoms with Gasteiger partial charge in [-0.2, -0.15) is 0 Å². The smallest absolute Gasteiger partial charge is 0.419 e. The number of alkyl carbamates (subject to hydrolysis) is 1. The van der Waals surface area contributed by atoms with Gasteiger partial charge in [-0.05, 0) is 82.2 Å². The monoisotopic (exact) mass is 717 g/mol. The first kappa shape index (κ1) is 40.8. The summed E-state index contributed by atoms with van der Waals surface area (Å²) >= 11 is 0. The zero-order valence-corrected chi connectivity index (χ0v) is 30.8. The molecule has 6 N–H and O–H groups in total. The van der Waals surface area contributed by atoms with E-state index in [0.717, 1.165) is 32.7 Å². The number of nitrogens with one attached hydrogen (secondary N) is 1. The minimum absolute atomic E-state index is 0.0149. The number of carboxylic acids is 1. The predicted molar refractivity (Wildman–Crippen MR) is 199 cm³/mol. The van der Waals surface area contributed by atoms with Crippen LogP contribution in [0.15, 0.2) is 83.9 Å². The minimum atomic E-state index is -1.10. The van der Waals surface area contributed by atoms with Crippen LogP contribution >= 0.6 is 0 Å². The first-order valence-electron chi connectivity index (χ1n) is 17.1. The molecular formula is C39H51N5O8. The van der Waals surface area contributed by atoms with E-state index in [-0.39, 0.29) is 31.4 Å². The van der Waals surface area contributed by atoms with Gasteiger partial charge in [-0.25, -0.2) is 24.1 Å². The Morgan fingerprint density at radius 3 is 1.77 bits per heavy atom. The van der Waals surface area contributed by atoms with Crippen LogP contribution in [-0.2, 0) is 25.4 Å². The van der Waals surface area contributed by atoms with E-state index in [4.69, 9.17) is 25.7 Å². The van der Waals surface area contributed by atoms with Gasteiger partial charge in [-0.15, -0.1) is 0 Å². The summed E-state index contributed by atoms with van der Waals surface area (Å²) in [6.45, 7) is 11.1. The molecule has 0 fully saturated rings. The first-order valence-corrected chi connectivity index (χ1v) is 17.1. The van der Waals surface area contributed by atoms with Gasteiger partial charge >= 0.3 is 24.2 Å². The number of carbonyl (C=O) groups excluding carboxylic acids is 3. The number of carbonyl (C=O) groups is 4. The number of ether oxygens (including phenoxy) is 3. The van der Waals surface area contributed by atoms with Gasteiger partial charge < -0.3 is 36.1 Å². The zero-order chi connectivity index (χ0) is 38.5. The van der Waals surface area contributed by atoms with Crippen molar-refractivity contribution in [1.29, 1.82) is 0 Å². The molecule has 3 amide bonds. The van der Waals surface area contributed by atoms with E-state index in [1.54, 1.807) is 41.5 Å². The van der Waals surface area contributed by atoms with Crippen molar-refractivity contribution < 1.29 is 38.5 Å². The maximum absolute atomic E-state index is 12.3. The number of carboxylic acid groups (broad SMARTS) is 1.